The van der Waals surface area contributed by atoms with Gasteiger partial charge in [-0.15, -0.1) is 0 Å². The van der Waals surface area contributed by atoms with E-state index in [1.807, 2.05) is 0 Å². The molecular formula is C10H12FNO2. The highest BCUT2D eigenvalue weighted by atomic mass is 19.1. The van der Waals surface area contributed by atoms with Gasteiger partial charge in [-0.3, -0.25) is 4.79 Å². The second-order valence-corrected chi connectivity index (χ2v) is 2.84. The van der Waals surface area contributed by atoms with Gasteiger partial charge in [0.1, 0.15) is 5.82 Å². The molecule has 14 heavy (non-hydrogen) atoms. The Morgan fingerprint density at radius 2 is 2.29 bits per heavy atom. The lowest BCUT2D eigenvalue weighted by Crippen LogP contribution is -2.16. The average Bonchev–Trinajstić information content (AvgIpc) is 2.20. The molecule has 0 saturated carbocycles. The fourth-order valence-electron chi connectivity index (χ4n) is 1.17. The normalized spacial score (nSPS) is 10.2. The molecule has 3 nitrogen and oxygen atoms in total. The average molecular weight is 197 g/mol. The van der Waals surface area contributed by atoms with Gasteiger partial charge in [-0.05, 0) is 6.07 Å². The lowest BCUT2D eigenvalue weighted by molar-refractivity contribution is 0.0996. The molecule has 0 aromatic heterocycles. The minimum Gasteiger partial charge on any atom is -0.380 e. The quantitative estimate of drug-likeness (QED) is 0.736. The summed E-state index contributed by atoms with van der Waals surface area (Å²) in [5.74, 6) is -0.940. The molecule has 1 aromatic rings. The van der Waals surface area contributed by atoms with Crippen molar-refractivity contribution in [2.24, 2.45) is 5.73 Å². The van der Waals surface area contributed by atoms with E-state index in [0.29, 0.717) is 5.56 Å². The number of hydrogen-bond donors (Lipinski definition) is 1. The Labute approximate surface area is 81.7 Å². The SMILES string of the molecule is COCc1cccc(C(=O)CN)c1F. The summed E-state index contributed by atoms with van der Waals surface area (Å²) in [5.41, 5.74) is 5.55. The molecular weight excluding hydrogens is 185 g/mol. The van der Waals surface area contributed by atoms with Gasteiger partial charge in [0, 0.05) is 12.7 Å². The van der Waals surface area contributed by atoms with Crippen LogP contribution in [0.25, 0.3) is 0 Å². The summed E-state index contributed by atoms with van der Waals surface area (Å²) in [5, 5.41) is 0. The van der Waals surface area contributed by atoms with E-state index >= 15 is 0 Å². The van der Waals surface area contributed by atoms with Crippen molar-refractivity contribution in [3.63, 3.8) is 0 Å². The van der Waals surface area contributed by atoms with Gasteiger partial charge in [-0.25, -0.2) is 4.39 Å². The molecule has 1 aromatic carbocycles. The molecule has 0 atom stereocenters. The first-order valence-electron chi connectivity index (χ1n) is 4.20. The molecule has 0 aliphatic carbocycles. The van der Waals surface area contributed by atoms with Crippen molar-refractivity contribution in [1.82, 2.24) is 0 Å². The van der Waals surface area contributed by atoms with Crippen LogP contribution in [0.2, 0.25) is 0 Å². The van der Waals surface area contributed by atoms with Gasteiger partial charge in [0.25, 0.3) is 0 Å². The molecule has 0 bridgehead atoms. The number of ketones is 1. The number of hydrogen-bond acceptors (Lipinski definition) is 3. The maximum Gasteiger partial charge on any atom is 0.179 e. The van der Waals surface area contributed by atoms with E-state index in [-0.39, 0.29) is 18.7 Å². The van der Waals surface area contributed by atoms with Gasteiger partial charge in [0.05, 0.1) is 18.7 Å². The van der Waals surface area contributed by atoms with Crippen molar-refractivity contribution < 1.29 is 13.9 Å². The van der Waals surface area contributed by atoms with Gasteiger partial charge in [-0.2, -0.15) is 0 Å². The lowest BCUT2D eigenvalue weighted by Gasteiger charge is -2.05. The van der Waals surface area contributed by atoms with E-state index in [1.54, 1.807) is 12.1 Å². The number of carbonyl (C=O) groups excluding carboxylic acids is 1. The zero-order chi connectivity index (χ0) is 10.6. The van der Waals surface area contributed by atoms with Crippen molar-refractivity contribution in [3.8, 4) is 0 Å². The Kier molecular flexibility index (Phi) is 3.73. The van der Waals surface area contributed by atoms with Crippen LogP contribution in [0.3, 0.4) is 0 Å². The van der Waals surface area contributed by atoms with Crippen LogP contribution in [0.4, 0.5) is 4.39 Å². The first-order valence-corrected chi connectivity index (χ1v) is 4.20. The molecule has 0 spiro atoms. The minimum atomic E-state index is -0.537. The molecule has 0 radical (unpaired) electrons. The predicted octanol–water partition coefficient (Wildman–Crippen LogP) is 1.11. The van der Waals surface area contributed by atoms with Crippen LogP contribution in [0.15, 0.2) is 18.2 Å². The minimum absolute atomic E-state index is 0.0297. The smallest absolute Gasteiger partial charge is 0.179 e. The van der Waals surface area contributed by atoms with E-state index in [4.69, 9.17) is 10.5 Å². The predicted molar refractivity (Wildman–Crippen MR) is 50.5 cm³/mol. The summed E-state index contributed by atoms with van der Waals surface area (Å²) >= 11 is 0. The van der Waals surface area contributed by atoms with Crippen LogP contribution in [0.1, 0.15) is 15.9 Å². The van der Waals surface area contributed by atoms with E-state index in [0.717, 1.165) is 0 Å². The van der Waals surface area contributed by atoms with E-state index < -0.39 is 11.6 Å². The Bertz CT molecular complexity index is 339. The van der Waals surface area contributed by atoms with Crippen LogP contribution in [-0.4, -0.2) is 19.4 Å². The summed E-state index contributed by atoms with van der Waals surface area (Å²) < 4.78 is 18.3. The summed E-state index contributed by atoms with van der Waals surface area (Å²) in [7, 11) is 1.47. The number of rotatable bonds is 4. The van der Waals surface area contributed by atoms with Crippen molar-refractivity contribution >= 4 is 5.78 Å². The second kappa shape index (κ2) is 4.83. The number of ether oxygens (including phenoxy) is 1. The molecule has 2 N–H and O–H groups in total. The third-order valence-electron chi connectivity index (χ3n) is 1.86. The zero-order valence-electron chi connectivity index (χ0n) is 7.92. The Balaban J connectivity index is 3.07. The Morgan fingerprint density at radius 1 is 1.57 bits per heavy atom. The topological polar surface area (TPSA) is 52.3 Å². The van der Waals surface area contributed by atoms with Crippen LogP contribution in [0.5, 0.6) is 0 Å². The first-order chi connectivity index (χ1) is 6.70. The highest BCUT2D eigenvalue weighted by Crippen LogP contribution is 2.14. The molecule has 76 valence electrons. The van der Waals surface area contributed by atoms with Gasteiger partial charge in [0.2, 0.25) is 0 Å². The number of methoxy groups -OCH3 is 1. The van der Waals surface area contributed by atoms with E-state index in [9.17, 15) is 9.18 Å². The van der Waals surface area contributed by atoms with Gasteiger partial charge in [-0.1, -0.05) is 12.1 Å². The summed E-state index contributed by atoms with van der Waals surface area (Å²) in [4.78, 5) is 11.2. The van der Waals surface area contributed by atoms with Crippen LogP contribution >= 0.6 is 0 Å². The molecule has 0 aliphatic rings. The number of carbonyl (C=O) groups is 1. The summed E-state index contributed by atoms with van der Waals surface area (Å²) in [6, 6.07) is 4.61. The van der Waals surface area contributed by atoms with Crippen molar-refractivity contribution in [3.05, 3.63) is 35.1 Å². The molecule has 0 fully saturated rings. The summed E-state index contributed by atoms with van der Waals surface area (Å²) in [6.45, 7) is -0.0368. The maximum absolute atomic E-state index is 13.5. The monoisotopic (exact) mass is 197 g/mol. The highest BCUT2D eigenvalue weighted by molar-refractivity contribution is 5.97. The third kappa shape index (κ3) is 2.16. The lowest BCUT2D eigenvalue weighted by atomic mass is 10.1. The number of Topliss-reactive ketones (excluding diaryl/α,β-unsaturated/α-hetero) is 1. The number of benzene rings is 1. The largest absolute Gasteiger partial charge is 0.380 e. The zero-order valence-corrected chi connectivity index (χ0v) is 7.92. The molecule has 0 heterocycles. The first kappa shape index (κ1) is 10.8. The van der Waals surface area contributed by atoms with Crippen molar-refractivity contribution in [2.75, 3.05) is 13.7 Å². The molecule has 0 unspecified atom stereocenters. The Hall–Kier alpha value is -1.26. The fraction of sp³-hybridized carbons (Fsp3) is 0.300. The van der Waals surface area contributed by atoms with E-state index in [2.05, 4.69) is 0 Å². The number of halogens is 1. The molecule has 1 rings (SSSR count). The second-order valence-electron chi connectivity index (χ2n) is 2.84. The Morgan fingerprint density at radius 3 is 2.86 bits per heavy atom. The fourth-order valence-corrected chi connectivity index (χ4v) is 1.17. The summed E-state index contributed by atoms with van der Waals surface area (Å²) in [6.07, 6.45) is 0. The van der Waals surface area contributed by atoms with Crippen LogP contribution in [-0.2, 0) is 11.3 Å². The third-order valence-corrected chi connectivity index (χ3v) is 1.86. The van der Waals surface area contributed by atoms with Gasteiger partial charge >= 0.3 is 0 Å². The maximum atomic E-state index is 13.5. The standard InChI is InChI=1S/C10H12FNO2/c1-14-6-7-3-2-4-8(10(7)11)9(13)5-12/h2-4H,5-6,12H2,1H3. The van der Waals surface area contributed by atoms with Gasteiger partial charge < -0.3 is 10.5 Å². The van der Waals surface area contributed by atoms with Crippen molar-refractivity contribution in [2.45, 2.75) is 6.61 Å². The molecule has 0 amide bonds. The highest BCUT2D eigenvalue weighted by Gasteiger charge is 2.12. The van der Waals surface area contributed by atoms with Crippen LogP contribution < -0.4 is 5.73 Å². The molecule has 0 aliphatic heterocycles. The van der Waals surface area contributed by atoms with Crippen LogP contribution in [0, 0.1) is 5.82 Å². The van der Waals surface area contributed by atoms with Crippen molar-refractivity contribution in [1.29, 1.82) is 0 Å². The van der Waals surface area contributed by atoms with E-state index in [1.165, 1.54) is 13.2 Å². The molecule has 0 saturated heterocycles. The molecule has 4 heteroatoms. The van der Waals surface area contributed by atoms with Gasteiger partial charge in [0.15, 0.2) is 5.78 Å². The number of nitrogens with two attached hydrogens (primary N) is 1.